The SMILES string of the molecule is CC1CCCC(CCNC2CCCNC2)C1. The van der Waals surface area contributed by atoms with Crippen LogP contribution in [0.5, 0.6) is 0 Å². The molecule has 0 bridgehead atoms. The maximum Gasteiger partial charge on any atom is 0.0192 e. The Morgan fingerprint density at radius 1 is 1.19 bits per heavy atom. The third-order valence-corrected chi connectivity index (χ3v) is 4.33. The summed E-state index contributed by atoms with van der Waals surface area (Å²) in [5, 5.41) is 7.19. The van der Waals surface area contributed by atoms with Gasteiger partial charge in [-0.25, -0.2) is 0 Å². The topological polar surface area (TPSA) is 24.1 Å². The van der Waals surface area contributed by atoms with E-state index in [1.165, 1.54) is 64.6 Å². The van der Waals surface area contributed by atoms with Gasteiger partial charge in [-0.3, -0.25) is 0 Å². The first-order chi connectivity index (χ1) is 7.84. The maximum atomic E-state index is 3.72. The van der Waals surface area contributed by atoms with Crippen LogP contribution in [0.1, 0.15) is 51.9 Å². The van der Waals surface area contributed by atoms with Crippen LogP contribution in [-0.2, 0) is 0 Å². The molecule has 1 aliphatic heterocycles. The number of nitrogens with one attached hydrogen (secondary N) is 2. The van der Waals surface area contributed by atoms with Gasteiger partial charge in [-0.1, -0.05) is 26.2 Å². The molecule has 94 valence electrons. The summed E-state index contributed by atoms with van der Waals surface area (Å²) < 4.78 is 0. The zero-order valence-electron chi connectivity index (χ0n) is 10.8. The normalized spacial score (nSPS) is 36.2. The Labute approximate surface area is 101 Å². The second-order valence-corrected chi connectivity index (χ2v) is 5.92. The van der Waals surface area contributed by atoms with E-state index in [4.69, 9.17) is 0 Å². The van der Waals surface area contributed by atoms with Gasteiger partial charge in [0.15, 0.2) is 0 Å². The van der Waals surface area contributed by atoms with E-state index < -0.39 is 0 Å². The van der Waals surface area contributed by atoms with Gasteiger partial charge in [0.2, 0.25) is 0 Å². The molecule has 2 aliphatic rings. The zero-order valence-corrected chi connectivity index (χ0v) is 10.8. The highest BCUT2D eigenvalue weighted by molar-refractivity contribution is 4.76. The van der Waals surface area contributed by atoms with Gasteiger partial charge in [-0.15, -0.1) is 0 Å². The molecule has 1 aliphatic carbocycles. The van der Waals surface area contributed by atoms with E-state index in [9.17, 15) is 0 Å². The monoisotopic (exact) mass is 224 g/mol. The molecule has 2 nitrogen and oxygen atoms in total. The molecular formula is C14H28N2. The largest absolute Gasteiger partial charge is 0.315 e. The molecule has 0 spiro atoms. The van der Waals surface area contributed by atoms with Crippen molar-refractivity contribution in [2.75, 3.05) is 19.6 Å². The second-order valence-electron chi connectivity index (χ2n) is 5.92. The molecule has 1 saturated carbocycles. The molecule has 0 amide bonds. The molecule has 3 atom stereocenters. The van der Waals surface area contributed by atoms with Crippen molar-refractivity contribution in [3.05, 3.63) is 0 Å². The Morgan fingerprint density at radius 3 is 2.88 bits per heavy atom. The Bertz CT molecular complexity index is 187. The molecule has 2 fully saturated rings. The van der Waals surface area contributed by atoms with Crippen molar-refractivity contribution in [1.29, 1.82) is 0 Å². The smallest absolute Gasteiger partial charge is 0.0192 e. The van der Waals surface area contributed by atoms with Gasteiger partial charge in [0, 0.05) is 12.6 Å². The van der Waals surface area contributed by atoms with E-state index in [2.05, 4.69) is 17.6 Å². The minimum atomic E-state index is 0.745. The van der Waals surface area contributed by atoms with Crippen molar-refractivity contribution < 1.29 is 0 Å². The molecule has 0 radical (unpaired) electrons. The van der Waals surface area contributed by atoms with Gasteiger partial charge in [-0.2, -0.15) is 0 Å². The fraction of sp³-hybridized carbons (Fsp3) is 1.00. The average molecular weight is 224 g/mol. The molecule has 2 heteroatoms. The molecule has 1 heterocycles. The highest BCUT2D eigenvalue weighted by Gasteiger charge is 2.19. The first-order valence-corrected chi connectivity index (χ1v) is 7.28. The summed E-state index contributed by atoms with van der Waals surface area (Å²) in [6.07, 6.45) is 10.0. The van der Waals surface area contributed by atoms with Crippen molar-refractivity contribution in [2.45, 2.75) is 57.9 Å². The van der Waals surface area contributed by atoms with Crippen LogP contribution in [0, 0.1) is 11.8 Å². The Balaban J connectivity index is 1.56. The number of rotatable bonds is 4. The number of piperidine rings is 1. The molecule has 0 aromatic rings. The summed E-state index contributed by atoms with van der Waals surface area (Å²) in [5.41, 5.74) is 0. The van der Waals surface area contributed by atoms with E-state index >= 15 is 0 Å². The lowest BCUT2D eigenvalue weighted by Crippen LogP contribution is -2.43. The summed E-state index contributed by atoms with van der Waals surface area (Å²) in [7, 11) is 0. The maximum absolute atomic E-state index is 3.72. The number of hydrogen-bond acceptors (Lipinski definition) is 2. The summed E-state index contributed by atoms with van der Waals surface area (Å²) in [5.74, 6) is 1.99. The Kier molecular flexibility index (Phi) is 5.11. The molecule has 1 saturated heterocycles. The van der Waals surface area contributed by atoms with Gasteiger partial charge >= 0.3 is 0 Å². The van der Waals surface area contributed by atoms with Gasteiger partial charge in [0.05, 0.1) is 0 Å². The lowest BCUT2D eigenvalue weighted by molar-refractivity contribution is 0.261. The van der Waals surface area contributed by atoms with Gasteiger partial charge in [0.1, 0.15) is 0 Å². The van der Waals surface area contributed by atoms with Crippen LogP contribution in [0.15, 0.2) is 0 Å². The third-order valence-electron chi connectivity index (χ3n) is 4.33. The molecule has 16 heavy (non-hydrogen) atoms. The zero-order chi connectivity index (χ0) is 11.2. The predicted octanol–water partition coefficient (Wildman–Crippen LogP) is 2.54. The first-order valence-electron chi connectivity index (χ1n) is 7.28. The molecule has 3 unspecified atom stereocenters. The van der Waals surface area contributed by atoms with Crippen LogP contribution < -0.4 is 10.6 Å². The third kappa shape index (κ3) is 4.06. The van der Waals surface area contributed by atoms with E-state index in [0.717, 1.165) is 17.9 Å². The van der Waals surface area contributed by atoms with Crippen molar-refractivity contribution in [2.24, 2.45) is 11.8 Å². The van der Waals surface area contributed by atoms with Crippen LogP contribution in [0.25, 0.3) is 0 Å². The van der Waals surface area contributed by atoms with E-state index in [-0.39, 0.29) is 0 Å². The van der Waals surface area contributed by atoms with Crippen molar-refractivity contribution >= 4 is 0 Å². The second kappa shape index (κ2) is 6.61. The Morgan fingerprint density at radius 2 is 2.12 bits per heavy atom. The minimum absolute atomic E-state index is 0.745. The first kappa shape index (κ1) is 12.4. The van der Waals surface area contributed by atoms with Crippen LogP contribution in [0.2, 0.25) is 0 Å². The summed E-state index contributed by atoms with van der Waals surface area (Å²) in [4.78, 5) is 0. The standard InChI is InChI=1S/C14H28N2/c1-12-4-2-5-13(10-12)7-9-16-14-6-3-8-15-11-14/h12-16H,2-11H2,1H3. The molecule has 2 rings (SSSR count). The highest BCUT2D eigenvalue weighted by Crippen LogP contribution is 2.30. The van der Waals surface area contributed by atoms with Gasteiger partial charge in [-0.05, 0) is 50.6 Å². The molecule has 2 N–H and O–H groups in total. The van der Waals surface area contributed by atoms with Crippen LogP contribution in [0.3, 0.4) is 0 Å². The van der Waals surface area contributed by atoms with E-state index in [1.54, 1.807) is 0 Å². The lowest BCUT2D eigenvalue weighted by atomic mass is 9.81. The fourth-order valence-corrected chi connectivity index (χ4v) is 3.34. The lowest BCUT2D eigenvalue weighted by Gasteiger charge is -2.28. The predicted molar refractivity (Wildman–Crippen MR) is 69.6 cm³/mol. The number of hydrogen-bond donors (Lipinski definition) is 2. The van der Waals surface area contributed by atoms with Gasteiger partial charge < -0.3 is 10.6 Å². The average Bonchev–Trinajstić information content (AvgIpc) is 2.30. The Hall–Kier alpha value is -0.0800. The van der Waals surface area contributed by atoms with E-state index in [0.29, 0.717) is 0 Å². The van der Waals surface area contributed by atoms with Crippen molar-refractivity contribution in [1.82, 2.24) is 10.6 Å². The van der Waals surface area contributed by atoms with Crippen molar-refractivity contribution in [3.63, 3.8) is 0 Å². The van der Waals surface area contributed by atoms with Crippen LogP contribution in [-0.4, -0.2) is 25.7 Å². The summed E-state index contributed by atoms with van der Waals surface area (Å²) in [6, 6.07) is 0.745. The van der Waals surface area contributed by atoms with E-state index in [1.807, 2.05) is 0 Å². The molecular weight excluding hydrogens is 196 g/mol. The van der Waals surface area contributed by atoms with Crippen LogP contribution >= 0.6 is 0 Å². The minimum Gasteiger partial charge on any atom is -0.315 e. The highest BCUT2D eigenvalue weighted by atomic mass is 15.0. The summed E-state index contributed by atoms with van der Waals surface area (Å²) >= 11 is 0. The molecule has 0 aromatic heterocycles. The molecule has 0 aromatic carbocycles. The van der Waals surface area contributed by atoms with Crippen molar-refractivity contribution in [3.8, 4) is 0 Å². The van der Waals surface area contributed by atoms with Crippen LogP contribution in [0.4, 0.5) is 0 Å². The fourth-order valence-electron chi connectivity index (χ4n) is 3.34. The quantitative estimate of drug-likeness (QED) is 0.767. The van der Waals surface area contributed by atoms with Gasteiger partial charge in [0.25, 0.3) is 0 Å². The summed E-state index contributed by atoms with van der Waals surface area (Å²) in [6.45, 7) is 6.06.